The molecule has 0 unspecified atom stereocenters. The van der Waals surface area contributed by atoms with Crippen molar-refractivity contribution in [1.29, 1.82) is 0 Å². The lowest BCUT2D eigenvalue weighted by molar-refractivity contribution is -0.114. The third kappa shape index (κ3) is 3.73. The van der Waals surface area contributed by atoms with Crippen LogP contribution in [-0.4, -0.2) is 5.91 Å². The van der Waals surface area contributed by atoms with Gasteiger partial charge in [0.05, 0.1) is 0 Å². The molecular formula is C15H15ClN2O. The number of benzene rings is 2. The van der Waals surface area contributed by atoms with E-state index >= 15 is 0 Å². The van der Waals surface area contributed by atoms with E-state index in [1.165, 1.54) is 6.92 Å². The summed E-state index contributed by atoms with van der Waals surface area (Å²) in [6.45, 7) is 3.49. The van der Waals surface area contributed by atoms with Crippen LogP contribution in [0.4, 0.5) is 17.1 Å². The van der Waals surface area contributed by atoms with Crippen LogP contribution in [0.25, 0.3) is 0 Å². The molecule has 0 radical (unpaired) electrons. The smallest absolute Gasteiger partial charge is 0.221 e. The Morgan fingerprint density at radius 1 is 1.05 bits per heavy atom. The van der Waals surface area contributed by atoms with Crippen LogP contribution < -0.4 is 10.6 Å². The fourth-order valence-electron chi connectivity index (χ4n) is 1.76. The molecule has 2 N–H and O–H groups in total. The number of hydrogen-bond donors (Lipinski definition) is 2. The average Bonchev–Trinajstić information content (AvgIpc) is 2.34. The maximum absolute atomic E-state index is 10.9. The van der Waals surface area contributed by atoms with Gasteiger partial charge in [0.1, 0.15) is 0 Å². The summed E-state index contributed by atoms with van der Waals surface area (Å²) in [6, 6.07) is 13.3. The predicted molar refractivity (Wildman–Crippen MR) is 80.2 cm³/mol. The van der Waals surface area contributed by atoms with Gasteiger partial charge in [-0.2, -0.15) is 0 Å². The number of hydrogen-bond acceptors (Lipinski definition) is 2. The van der Waals surface area contributed by atoms with E-state index in [0.717, 1.165) is 27.6 Å². The van der Waals surface area contributed by atoms with Crippen molar-refractivity contribution in [2.24, 2.45) is 0 Å². The van der Waals surface area contributed by atoms with Crippen molar-refractivity contribution >= 4 is 34.6 Å². The Morgan fingerprint density at radius 2 is 1.68 bits per heavy atom. The van der Waals surface area contributed by atoms with E-state index in [0.29, 0.717) is 0 Å². The van der Waals surface area contributed by atoms with Crippen LogP contribution in [0.3, 0.4) is 0 Å². The summed E-state index contributed by atoms with van der Waals surface area (Å²) >= 11 is 5.92. The van der Waals surface area contributed by atoms with Crippen molar-refractivity contribution in [2.45, 2.75) is 13.8 Å². The first-order chi connectivity index (χ1) is 9.04. The molecule has 0 saturated heterocycles. The first-order valence-corrected chi connectivity index (χ1v) is 6.33. The van der Waals surface area contributed by atoms with Crippen LogP contribution in [0.2, 0.25) is 5.02 Å². The second-order valence-corrected chi connectivity index (χ2v) is 4.78. The van der Waals surface area contributed by atoms with E-state index in [1.54, 1.807) is 0 Å². The van der Waals surface area contributed by atoms with E-state index in [1.807, 2.05) is 49.4 Å². The number of aryl methyl sites for hydroxylation is 1. The van der Waals surface area contributed by atoms with Crippen LogP contribution in [0.1, 0.15) is 12.5 Å². The minimum absolute atomic E-state index is 0.0748. The Kier molecular flexibility index (Phi) is 4.07. The summed E-state index contributed by atoms with van der Waals surface area (Å²) in [6.07, 6.45) is 0. The zero-order chi connectivity index (χ0) is 13.8. The lowest BCUT2D eigenvalue weighted by Gasteiger charge is -2.10. The Labute approximate surface area is 117 Å². The van der Waals surface area contributed by atoms with Gasteiger partial charge in [0.15, 0.2) is 0 Å². The van der Waals surface area contributed by atoms with E-state index in [9.17, 15) is 4.79 Å². The molecule has 0 aliphatic heterocycles. The van der Waals surface area contributed by atoms with Crippen molar-refractivity contribution < 1.29 is 4.79 Å². The summed E-state index contributed by atoms with van der Waals surface area (Å²) in [7, 11) is 0. The van der Waals surface area contributed by atoms with Crippen molar-refractivity contribution in [3.05, 3.63) is 53.1 Å². The van der Waals surface area contributed by atoms with Gasteiger partial charge in [-0.15, -0.1) is 0 Å². The Morgan fingerprint density at radius 3 is 2.26 bits per heavy atom. The van der Waals surface area contributed by atoms with Gasteiger partial charge in [0, 0.05) is 29.0 Å². The Balaban J connectivity index is 2.13. The number of nitrogens with one attached hydrogen (secondary N) is 2. The van der Waals surface area contributed by atoms with Crippen LogP contribution in [0.5, 0.6) is 0 Å². The van der Waals surface area contributed by atoms with E-state index in [-0.39, 0.29) is 5.91 Å². The minimum Gasteiger partial charge on any atom is -0.355 e. The second kappa shape index (κ2) is 5.76. The molecule has 4 heteroatoms. The summed E-state index contributed by atoms with van der Waals surface area (Å²) in [5.41, 5.74) is 3.83. The summed E-state index contributed by atoms with van der Waals surface area (Å²) < 4.78 is 0. The molecule has 98 valence electrons. The highest BCUT2D eigenvalue weighted by atomic mass is 35.5. The molecule has 0 aromatic heterocycles. The maximum Gasteiger partial charge on any atom is 0.221 e. The minimum atomic E-state index is -0.0748. The molecule has 3 nitrogen and oxygen atoms in total. The zero-order valence-electron chi connectivity index (χ0n) is 10.8. The van der Waals surface area contributed by atoms with Crippen molar-refractivity contribution in [3.63, 3.8) is 0 Å². The van der Waals surface area contributed by atoms with Crippen LogP contribution in [-0.2, 0) is 4.79 Å². The predicted octanol–water partition coefficient (Wildman–Crippen LogP) is 4.35. The number of halogens is 1. The van der Waals surface area contributed by atoms with E-state index in [4.69, 9.17) is 11.6 Å². The normalized spacial score (nSPS) is 10.1. The first-order valence-electron chi connectivity index (χ1n) is 5.95. The van der Waals surface area contributed by atoms with Gasteiger partial charge < -0.3 is 10.6 Å². The highest BCUT2D eigenvalue weighted by Crippen LogP contribution is 2.24. The molecule has 2 aromatic rings. The molecular weight excluding hydrogens is 260 g/mol. The van der Waals surface area contributed by atoms with Gasteiger partial charge in [0.2, 0.25) is 5.91 Å². The molecule has 0 aliphatic rings. The molecule has 0 fully saturated rings. The fraction of sp³-hybridized carbons (Fsp3) is 0.133. The summed E-state index contributed by atoms with van der Waals surface area (Å²) in [5.74, 6) is -0.0748. The van der Waals surface area contributed by atoms with Crippen molar-refractivity contribution in [3.8, 4) is 0 Å². The number of carbonyl (C=O) groups is 1. The molecule has 19 heavy (non-hydrogen) atoms. The zero-order valence-corrected chi connectivity index (χ0v) is 11.6. The third-order valence-corrected chi connectivity index (χ3v) is 2.91. The quantitative estimate of drug-likeness (QED) is 0.874. The molecule has 0 heterocycles. The molecule has 0 saturated carbocycles. The number of rotatable bonds is 3. The average molecular weight is 275 g/mol. The highest BCUT2D eigenvalue weighted by molar-refractivity contribution is 6.30. The van der Waals surface area contributed by atoms with E-state index in [2.05, 4.69) is 10.6 Å². The van der Waals surface area contributed by atoms with Gasteiger partial charge in [-0.3, -0.25) is 4.79 Å². The van der Waals surface area contributed by atoms with Gasteiger partial charge in [-0.1, -0.05) is 11.6 Å². The SMILES string of the molecule is CC(=O)Nc1ccc(Nc2ccc(Cl)cc2C)cc1. The molecule has 0 aliphatic carbocycles. The number of carbonyl (C=O) groups excluding carboxylic acids is 1. The fourth-order valence-corrected chi connectivity index (χ4v) is 1.99. The largest absolute Gasteiger partial charge is 0.355 e. The van der Waals surface area contributed by atoms with Gasteiger partial charge >= 0.3 is 0 Å². The standard InChI is InChI=1S/C15H15ClN2O/c1-10-9-12(16)3-8-15(10)18-14-6-4-13(5-7-14)17-11(2)19/h3-9,18H,1-2H3,(H,17,19). The summed E-state index contributed by atoms with van der Waals surface area (Å²) in [4.78, 5) is 10.9. The molecule has 0 spiro atoms. The van der Waals surface area contributed by atoms with Crippen LogP contribution in [0, 0.1) is 6.92 Å². The van der Waals surface area contributed by atoms with Crippen molar-refractivity contribution in [2.75, 3.05) is 10.6 Å². The molecule has 0 bridgehead atoms. The topological polar surface area (TPSA) is 41.1 Å². The van der Waals surface area contributed by atoms with Crippen LogP contribution >= 0.6 is 11.6 Å². The van der Waals surface area contributed by atoms with Gasteiger partial charge in [0.25, 0.3) is 0 Å². The Hall–Kier alpha value is -2.00. The van der Waals surface area contributed by atoms with Gasteiger partial charge in [-0.05, 0) is 55.0 Å². The monoisotopic (exact) mass is 274 g/mol. The Bertz CT molecular complexity index is 594. The summed E-state index contributed by atoms with van der Waals surface area (Å²) in [5, 5.41) is 6.77. The molecule has 2 rings (SSSR count). The third-order valence-electron chi connectivity index (χ3n) is 2.67. The van der Waals surface area contributed by atoms with Crippen molar-refractivity contribution in [1.82, 2.24) is 0 Å². The van der Waals surface area contributed by atoms with Gasteiger partial charge in [-0.25, -0.2) is 0 Å². The lowest BCUT2D eigenvalue weighted by atomic mass is 10.2. The van der Waals surface area contributed by atoms with Crippen LogP contribution in [0.15, 0.2) is 42.5 Å². The lowest BCUT2D eigenvalue weighted by Crippen LogP contribution is -2.05. The van der Waals surface area contributed by atoms with E-state index < -0.39 is 0 Å². The molecule has 1 amide bonds. The number of amides is 1. The molecule has 0 atom stereocenters. The maximum atomic E-state index is 10.9. The highest BCUT2D eigenvalue weighted by Gasteiger charge is 2.01. The molecule has 2 aromatic carbocycles. The first kappa shape index (κ1) is 13.4. The number of anilines is 3. The second-order valence-electron chi connectivity index (χ2n) is 4.34.